The summed E-state index contributed by atoms with van der Waals surface area (Å²) in [6.07, 6.45) is 1.15. The molecule has 1 heterocycles. The summed E-state index contributed by atoms with van der Waals surface area (Å²) < 4.78 is 0. The van der Waals surface area contributed by atoms with Crippen LogP contribution in [0.3, 0.4) is 0 Å². The Balaban J connectivity index is 1.81. The molecule has 0 radical (unpaired) electrons. The van der Waals surface area contributed by atoms with Crippen molar-refractivity contribution in [2.45, 2.75) is 50.4 Å². The number of benzene rings is 2. The summed E-state index contributed by atoms with van der Waals surface area (Å²) in [5.41, 5.74) is 1.20. The molecule has 4 N–H and O–H groups in total. The Morgan fingerprint density at radius 2 is 1.62 bits per heavy atom. The lowest BCUT2D eigenvalue weighted by molar-refractivity contribution is -0.149. The molecule has 1 aliphatic rings. The SMILES string of the molecule is C[C@H](N[C@@H](C(=O)O)[C@H](Cc1ccccc1)NC(=O)c1ccccc1)C(=O)N1CCC[C@H]1C(=O)O. The highest BCUT2D eigenvalue weighted by Gasteiger charge is 2.38. The van der Waals surface area contributed by atoms with Gasteiger partial charge in [0.25, 0.3) is 5.91 Å². The molecule has 1 saturated heterocycles. The number of aliphatic carboxylic acids is 2. The van der Waals surface area contributed by atoms with E-state index in [9.17, 15) is 29.4 Å². The van der Waals surface area contributed by atoms with E-state index in [4.69, 9.17) is 0 Å². The Morgan fingerprint density at radius 1 is 1.00 bits per heavy atom. The highest BCUT2D eigenvalue weighted by atomic mass is 16.4. The van der Waals surface area contributed by atoms with E-state index in [0.717, 1.165) is 5.56 Å². The van der Waals surface area contributed by atoms with Crippen molar-refractivity contribution in [2.75, 3.05) is 6.54 Å². The second kappa shape index (κ2) is 11.4. The zero-order chi connectivity index (χ0) is 24.7. The average Bonchev–Trinajstić information content (AvgIpc) is 3.33. The Morgan fingerprint density at radius 3 is 2.21 bits per heavy atom. The van der Waals surface area contributed by atoms with Gasteiger partial charge in [0.15, 0.2) is 0 Å². The summed E-state index contributed by atoms with van der Waals surface area (Å²) in [5.74, 6) is -3.22. The number of rotatable bonds is 10. The number of amides is 2. The molecule has 2 aromatic rings. The second-order valence-corrected chi connectivity index (χ2v) is 8.37. The van der Waals surface area contributed by atoms with Crippen LogP contribution >= 0.6 is 0 Å². The van der Waals surface area contributed by atoms with Crippen LogP contribution in [0.25, 0.3) is 0 Å². The summed E-state index contributed by atoms with van der Waals surface area (Å²) in [7, 11) is 0. The molecule has 180 valence electrons. The molecule has 1 fully saturated rings. The van der Waals surface area contributed by atoms with Crippen LogP contribution in [0.1, 0.15) is 35.7 Å². The molecule has 2 aromatic carbocycles. The van der Waals surface area contributed by atoms with E-state index in [1.165, 1.54) is 11.8 Å². The van der Waals surface area contributed by atoms with Crippen molar-refractivity contribution >= 4 is 23.8 Å². The molecule has 2 amide bonds. The predicted molar refractivity (Wildman–Crippen MR) is 124 cm³/mol. The van der Waals surface area contributed by atoms with Crippen LogP contribution in [0.4, 0.5) is 0 Å². The van der Waals surface area contributed by atoms with Gasteiger partial charge >= 0.3 is 11.9 Å². The van der Waals surface area contributed by atoms with Crippen LogP contribution in [0.5, 0.6) is 0 Å². The van der Waals surface area contributed by atoms with Gasteiger partial charge in [0, 0.05) is 12.1 Å². The smallest absolute Gasteiger partial charge is 0.326 e. The van der Waals surface area contributed by atoms with E-state index in [1.54, 1.807) is 30.3 Å². The van der Waals surface area contributed by atoms with Crippen molar-refractivity contribution in [3.63, 3.8) is 0 Å². The first-order valence-corrected chi connectivity index (χ1v) is 11.2. The first-order chi connectivity index (χ1) is 16.3. The first kappa shape index (κ1) is 24.9. The summed E-state index contributed by atoms with van der Waals surface area (Å²) in [4.78, 5) is 50.8. The van der Waals surface area contributed by atoms with Gasteiger partial charge in [-0.1, -0.05) is 48.5 Å². The normalized spacial score (nSPS) is 18.0. The van der Waals surface area contributed by atoms with E-state index >= 15 is 0 Å². The molecule has 3 rings (SSSR count). The summed E-state index contributed by atoms with van der Waals surface area (Å²) in [5, 5.41) is 25.0. The van der Waals surface area contributed by atoms with Gasteiger partial charge in [-0.15, -0.1) is 0 Å². The monoisotopic (exact) mass is 467 g/mol. The maximum atomic E-state index is 13.0. The van der Waals surface area contributed by atoms with Gasteiger partial charge in [-0.25, -0.2) is 4.79 Å². The number of nitrogens with zero attached hydrogens (tertiary/aromatic N) is 1. The fraction of sp³-hybridized carbons (Fsp3) is 0.360. The molecule has 4 atom stereocenters. The second-order valence-electron chi connectivity index (χ2n) is 8.37. The van der Waals surface area contributed by atoms with Crippen molar-refractivity contribution in [2.24, 2.45) is 0 Å². The molecule has 1 aliphatic heterocycles. The highest BCUT2D eigenvalue weighted by molar-refractivity contribution is 5.95. The third kappa shape index (κ3) is 6.20. The third-order valence-electron chi connectivity index (χ3n) is 5.94. The number of carboxylic acid groups (broad SMARTS) is 2. The summed E-state index contributed by atoms with van der Waals surface area (Å²) in [6.45, 7) is 1.81. The molecule has 0 saturated carbocycles. The number of carbonyl (C=O) groups excluding carboxylic acids is 2. The quantitative estimate of drug-likeness (QED) is 0.416. The maximum Gasteiger partial charge on any atom is 0.326 e. The topological polar surface area (TPSA) is 136 Å². The van der Waals surface area contributed by atoms with Crippen LogP contribution in [0.2, 0.25) is 0 Å². The van der Waals surface area contributed by atoms with Crippen LogP contribution < -0.4 is 10.6 Å². The van der Waals surface area contributed by atoms with Crippen molar-refractivity contribution in [3.05, 3.63) is 71.8 Å². The molecule has 0 aromatic heterocycles. The zero-order valence-electron chi connectivity index (χ0n) is 18.9. The van der Waals surface area contributed by atoms with Gasteiger partial charge in [0.2, 0.25) is 5.91 Å². The average molecular weight is 468 g/mol. The van der Waals surface area contributed by atoms with Gasteiger partial charge < -0.3 is 20.4 Å². The Labute approximate surface area is 197 Å². The molecule has 9 heteroatoms. The predicted octanol–water partition coefficient (Wildman–Crippen LogP) is 1.53. The third-order valence-corrected chi connectivity index (χ3v) is 5.94. The molecule has 0 unspecified atom stereocenters. The molecule has 0 spiro atoms. The molecule has 34 heavy (non-hydrogen) atoms. The number of hydrogen-bond donors (Lipinski definition) is 4. The highest BCUT2D eigenvalue weighted by Crippen LogP contribution is 2.19. The van der Waals surface area contributed by atoms with Crippen molar-refractivity contribution in [3.8, 4) is 0 Å². The molecule has 0 bridgehead atoms. The van der Waals surface area contributed by atoms with E-state index in [2.05, 4.69) is 10.6 Å². The fourth-order valence-electron chi connectivity index (χ4n) is 4.20. The number of likely N-dealkylation sites (tertiary alicyclic amines) is 1. The number of carbonyl (C=O) groups is 4. The van der Waals surface area contributed by atoms with Gasteiger partial charge in [0.1, 0.15) is 12.1 Å². The fourth-order valence-corrected chi connectivity index (χ4v) is 4.20. The van der Waals surface area contributed by atoms with Crippen molar-refractivity contribution < 1.29 is 29.4 Å². The van der Waals surface area contributed by atoms with E-state index < -0.39 is 47.9 Å². The minimum Gasteiger partial charge on any atom is -0.480 e. The summed E-state index contributed by atoms with van der Waals surface area (Å²) >= 11 is 0. The van der Waals surface area contributed by atoms with Crippen LogP contribution in [-0.4, -0.2) is 69.6 Å². The Kier molecular flexibility index (Phi) is 8.37. The minimum absolute atomic E-state index is 0.214. The maximum absolute atomic E-state index is 13.0. The van der Waals surface area contributed by atoms with Crippen LogP contribution in [-0.2, 0) is 20.8 Å². The van der Waals surface area contributed by atoms with E-state index in [-0.39, 0.29) is 6.42 Å². The van der Waals surface area contributed by atoms with Gasteiger partial charge in [-0.3, -0.25) is 19.7 Å². The molecule has 9 nitrogen and oxygen atoms in total. The van der Waals surface area contributed by atoms with Gasteiger partial charge in [-0.05, 0) is 43.9 Å². The molecular formula is C25H29N3O6. The zero-order valence-corrected chi connectivity index (χ0v) is 18.9. The largest absolute Gasteiger partial charge is 0.480 e. The standard InChI is InChI=1S/C25H29N3O6/c1-16(23(30)28-14-8-13-20(28)24(31)32)26-21(25(33)34)19(15-17-9-4-2-5-10-17)27-22(29)18-11-6-3-7-12-18/h2-7,9-12,16,19-21,26H,8,13-15H2,1H3,(H,27,29)(H,31,32)(H,33,34)/t16-,19-,20-,21+/m0/s1. The van der Waals surface area contributed by atoms with E-state index in [1.807, 2.05) is 30.3 Å². The van der Waals surface area contributed by atoms with Gasteiger partial charge in [-0.2, -0.15) is 0 Å². The Bertz CT molecular complexity index is 1010. The van der Waals surface area contributed by atoms with E-state index in [0.29, 0.717) is 24.9 Å². The lowest BCUT2D eigenvalue weighted by Gasteiger charge is -2.31. The number of carboxylic acids is 2. The van der Waals surface area contributed by atoms with Crippen molar-refractivity contribution in [1.29, 1.82) is 0 Å². The number of hydrogen-bond acceptors (Lipinski definition) is 5. The number of nitrogens with one attached hydrogen (secondary N) is 2. The minimum atomic E-state index is -1.29. The molecular weight excluding hydrogens is 438 g/mol. The Hall–Kier alpha value is -3.72. The lowest BCUT2D eigenvalue weighted by Crippen LogP contribution is -2.60. The van der Waals surface area contributed by atoms with Crippen LogP contribution in [0.15, 0.2) is 60.7 Å². The van der Waals surface area contributed by atoms with Gasteiger partial charge in [0.05, 0.1) is 12.1 Å². The summed E-state index contributed by atoms with van der Waals surface area (Å²) in [6, 6.07) is 13.5. The lowest BCUT2D eigenvalue weighted by atomic mass is 9.97. The molecule has 0 aliphatic carbocycles. The van der Waals surface area contributed by atoms with Crippen molar-refractivity contribution in [1.82, 2.24) is 15.5 Å². The first-order valence-electron chi connectivity index (χ1n) is 11.2. The van der Waals surface area contributed by atoms with Crippen LogP contribution in [0, 0.1) is 0 Å².